The summed E-state index contributed by atoms with van der Waals surface area (Å²) in [4.78, 5) is 52.6. The van der Waals surface area contributed by atoms with Crippen molar-refractivity contribution in [2.45, 2.75) is 72.1 Å². The Morgan fingerprint density at radius 2 is 1.57 bits per heavy atom. The molecule has 46 heavy (non-hydrogen) atoms. The third-order valence-corrected chi connectivity index (χ3v) is 8.92. The standard InChI is InChI=1S/C34H36N4O6.Cu.K/c1-7-19-15(3)23-12-25-17(5)21(9-10-29(39)40)32(37-25)22(11-30(41)42)33-31(34(43)44)18(6)26(38-33)14-28-20(8-2)16(4)24(36-28)13-27(19)35-23;;/h7,12-14,17,21,35-36H,1,8-11H2,2-6H3,(H,39,40)(H,41,42)(H,43,44);;/q;+2;+1/p-3/t17-,21-;;/m0../s1. The molecule has 5 heterocycles. The van der Waals surface area contributed by atoms with Crippen molar-refractivity contribution in [1.29, 1.82) is 0 Å². The number of nitrogens with one attached hydrogen (secondary N) is 2. The van der Waals surface area contributed by atoms with E-state index in [2.05, 4.69) is 21.5 Å². The van der Waals surface area contributed by atoms with Crippen LogP contribution in [0.25, 0.3) is 39.3 Å². The van der Waals surface area contributed by atoms with Crippen LogP contribution >= 0.6 is 0 Å². The van der Waals surface area contributed by atoms with Crippen molar-refractivity contribution in [1.82, 2.24) is 19.9 Å². The molecule has 0 amide bonds. The van der Waals surface area contributed by atoms with E-state index in [-0.39, 0.29) is 110 Å². The van der Waals surface area contributed by atoms with Gasteiger partial charge < -0.3 is 39.7 Å². The van der Waals surface area contributed by atoms with Crippen molar-refractivity contribution in [2.24, 2.45) is 0 Å². The second-order valence-electron chi connectivity index (χ2n) is 11.4. The normalized spacial score (nSPS) is 15.6. The van der Waals surface area contributed by atoms with Crippen LogP contribution in [0.1, 0.15) is 96.0 Å². The molecule has 1 radical (unpaired) electrons. The molecule has 12 heteroatoms. The molecule has 2 aliphatic rings. The number of fused-ring (bicyclic) bond motifs is 8. The predicted molar refractivity (Wildman–Crippen MR) is 162 cm³/mol. The quantitative estimate of drug-likeness (QED) is 0.297. The Morgan fingerprint density at radius 1 is 0.913 bits per heavy atom. The van der Waals surface area contributed by atoms with Gasteiger partial charge in [-0.05, 0) is 80.5 Å². The largest absolute Gasteiger partial charge is 2.00 e. The maximum atomic E-state index is 12.5. The molecule has 0 unspecified atom stereocenters. The van der Waals surface area contributed by atoms with E-state index in [9.17, 15) is 29.7 Å². The van der Waals surface area contributed by atoms with Crippen molar-refractivity contribution in [3.8, 4) is 0 Å². The summed E-state index contributed by atoms with van der Waals surface area (Å²) in [6.45, 7) is 13.5. The Bertz CT molecular complexity index is 1960. The zero-order valence-corrected chi connectivity index (χ0v) is 30.7. The molecule has 2 aliphatic heterocycles. The topological polar surface area (TPSA) is 178 Å². The van der Waals surface area contributed by atoms with Gasteiger partial charge in [0, 0.05) is 74.7 Å². The van der Waals surface area contributed by atoms with Crippen LogP contribution in [0.15, 0.2) is 24.8 Å². The summed E-state index contributed by atoms with van der Waals surface area (Å²) in [5.74, 6) is -5.11. The fraction of sp³-hybridized carbons (Fsp3) is 0.324. The number of aromatic nitrogens is 4. The summed E-state index contributed by atoms with van der Waals surface area (Å²) in [7, 11) is 0. The summed E-state index contributed by atoms with van der Waals surface area (Å²) in [6, 6.07) is 5.63. The molecular formula is C34H33CuKN4O6. The molecule has 0 saturated carbocycles. The summed E-state index contributed by atoms with van der Waals surface area (Å²) in [5.41, 5.74) is 8.29. The number of allylic oxidation sites excluding steroid dienone is 1. The zero-order valence-electron chi connectivity index (χ0n) is 26.6. The van der Waals surface area contributed by atoms with Gasteiger partial charge in [-0.1, -0.05) is 26.5 Å². The smallest absolute Gasteiger partial charge is 0.550 e. The Morgan fingerprint density at radius 3 is 2.15 bits per heavy atom. The van der Waals surface area contributed by atoms with E-state index in [0.29, 0.717) is 23.4 Å². The summed E-state index contributed by atoms with van der Waals surface area (Å²) >= 11 is 0. The van der Waals surface area contributed by atoms with Gasteiger partial charge in [0.05, 0.1) is 23.1 Å². The Balaban J connectivity index is 0.00000288. The number of aliphatic carboxylic acids is 3. The van der Waals surface area contributed by atoms with Crippen LogP contribution in [0.3, 0.4) is 0 Å². The van der Waals surface area contributed by atoms with E-state index in [1.165, 1.54) is 0 Å². The van der Waals surface area contributed by atoms with Gasteiger partial charge in [0.15, 0.2) is 0 Å². The second kappa shape index (κ2) is 14.9. The molecule has 3 aromatic heterocycles. The molecule has 0 saturated heterocycles. The van der Waals surface area contributed by atoms with E-state index in [4.69, 9.17) is 4.98 Å². The molecule has 0 aromatic carbocycles. The van der Waals surface area contributed by atoms with Gasteiger partial charge >= 0.3 is 68.5 Å². The molecule has 237 valence electrons. The van der Waals surface area contributed by atoms with Crippen LogP contribution < -0.4 is 66.7 Å². The molecular weight excluding hydrogens is 663 g/mol. The summed E-state index contributed by atoms with van der Waals surface area (Å²) < 4.78 is 0. The number of carbonyl (C=O) groups excluding carboxylic acids is 3. The average Bonchev–Trinajstić information content (AvgIpc) is 3.63. The fourth-order valence-corrected chi connectivity index (χ4v) is 6.50. The van der Waals surface area contributed by atoms with Gasteiger partial charge in [-0.15, -0.1) is 0 Å². The van der Waals surface area contributed by atoms with Crippen molar-refractivity contribution >= 4 is 57.2 Å². The van der Waals surface area contributed by atoms with E-state index >= 15 is 0 Å². The van der Waals surface area contributed by atoms with Crippen molar-refractivity contribution in [2.75, 3.05) is 0 Å². The first-order valence-corrected chi connectivity index (χ1v) is 14.6. The molecule has 0 spiro atoms. The first-order chi connectivity index (χ1) is 20.9. The number of rotatable bonds is 8. The third kappa shape index (κ3) is 6.89. The minimum absolute atomic E-state index is 0. The second-order valence-corrected chi connectivity index (χ2v) is 11.4. The molecule has 0 fully saturated rings. The maximum absolute atomic E-state index is 12.5. The van der Waals surface area contributed by atoms with Crippen LogP contribution in [0.2, 0.25) is 0 Å². The molecule has 0 aliphatic carbocycles. The SMILES string of the molecule is C=Cc1c(C)c2cc3nc(c(CC(=O)[O-])c4nc(cc5[nH]c(cc1[nH]2)c(C)c5CC)C(C)=C4C(=O)[O-])[C@@H](CCC(=O)[O-])[C@@H]3C.[Cu+2].[K+]. The van der Waals surface area contributed by atoms with E-state index < -0.39 is 30.2 Å². The number of carboxylic acids is 3. The fourth-order valence-electron chi connectivity index (χ4n) is 6.50. The van der Waals surface area contributed by atoms with Crippen LogP contribution in [0.5, 0.6) is 0 Å². The third-order valence-electron chi connectivity index (χ3n) is 8.92. The molecule has 5 rings (SSSR count). The average molecular weight is 696 g/mol. The van der Waals surface area contributed by atoms with Crippen LogP contribution in [-0.4, -0.2) is 37.8 Å². The number of carboxylic acid groups (broad SMARTS) is 3. The van der Waals surface area contributed by atoms with Crippen molar-refractivity contribution in [3.63, 3.8) is 0 Å². The zero-order chi connectivity index (χ0) is 32.0. The van der Waals surface area contributed by atoms with Crippen LogP contribution in [0.4, 0.5) is 0 Å². The molecule has 2 atom stereocenters. The number of aromatic amines is 2. The van der Waals surface area contributed by atoms with Gasteiger partial charge in [0.25, 0.3) is 0 Å². The van der Waals surface area contributed by atoms with Crippen molar-refractivity contribution in [3.05, 3.63) is 75.4 Å². The van der Waals surface area contributed by atoms with Gasteiger partial charge in [0.2, 0.25) is 0 Å². The van der Waals surface area contributed by atoms with Crippen LogP contribution in [0, 0.1) is 13.8 Å². The van der Waals surface area contributed by atoms with E-state index in [0.717, 1.165) is 44.3 Å². The number of hydrogen-bond acceptors (Lipinski definition) is 8. The van der Waals surface area contributed by atoms with Gasteiger partial charge in [-0.2, -0.15) is 0 Å². The van der Waals surface area contributed by atoms with E-state index in [1.54, 1.807) is 19.1 Å². The molecule has 3 aromatic rings. The predicted octanol–water partition coefficient (Wildman–Crippen LogP) is -0.471. The van der Waals surface area contributed by atoms with Gasteiger partial charge in [0.1, 0.15) is 0 Å². The summed E-state index contributed by atoms with van der Waals surface area (Å²) in [5, 5.41) is 36.2. The molecule has 8 bridgehead atoms. The minimum atomic E-state index is -1.51. The van der Waals surface area contributed by atoms with Crippen LogP contribution in [-0.2, 0) is 44.3 Å². The van der Waals surface area contributed by atoms with Gasteiger partial charge in [-0.3, -0.25) is 4.98 Å². The Kier molecular flexibility index (Phi) is 12.2. The Labute approximate surface area is 319 Å². The first kappa shape index (κ1) is 37.6. The maximum Gasteiger partial charge on any atom is 2.00 e. The number of hydrogen-bond donors (Lipinski definition) is 2. The molecule has 10 nitrogen and oxygen atoms in total. The van der Waals surface area contributed by atoms with E-state index in [1.807, 2.05) is 39.8 Å². The van der Waals surface area contributed by atoms with Gasteiger partial charge in [-0.25, -0.2) is 4.98 Å². The summed E-state index contributed by atoms with van der Waals surface area (Å²) in [6.07, 6.45) is 1.59. The number of H-pyrrole nitrogens is 2. The number of aryl methyl sites for hydroxylation is 3. The minimum Gasteiger partial charge on any atom is -0.550 e. The van der Waals surface area contributed by atoms with Crippen molar-refractivity contribution < 1.29 is 98.2 Å². The first-order valence-electron chi connectivity index (χ1n) is 14.6. The molecule has 2 N–H and O–H groups in total. The number of carbonyl (C=O) groups is 3. The monoisotopic (exact) mass is 695 g/mol. The Hall–Kier alpha value is -2.83. The number of nitrogens with zero attached hydrogens (tertiary/aromatic N) is 2.